The van der Waals surface area contributed by atoms with Crippen LogP contribution < -0.4 is 0 Å². The first-order valence-electron chi connectivity index (χ1n) is 15.7. The van der Waals surface area contributed by atoms with Gasteiger partial charge in [-0.05, 0) is 105 Å². The zero-order chi connectivity index (χ0) is 31.0. The van der Waals surface area contributed by atoms with Crippen molar-refractivity contribution >= 4 is 11.9 Å². The van der Waals surface area contributed by atoms with Crippen LogP contribution in [0.25, 0.3) is 0 Å². The van der Waals surface area contributed by atoms with Crippen LogP contribution >= 0.6 is 0 Å². The summed E-state index contributed by atoms with van der Waals surface area (Å²) in [5.74, 6) is -0.265. The number of alkyl halides is 4. The van der Waals surface area contributed by atoms with Crippen LogP contribution in [0.4, 0.5) is 17.6 Å². The predicted octanol–water partition coefficient (Wildman–Crippen LogP) is 8.01. The van der Waals surface area contributed by atoms with Crippen molar-refractivity contribution in [2.24, 2.45) is 10.8 Å². The lowest BCUT2D eigenvalue weighted by Crippen LogP contribution is -2.56. The molecule has 3 saturated carbocycles. The van der Waals surface area contributed by atoms with E-state index < -0.39 is 34.1 Å². The quantitative estimate of drug-likeness (QED) is 0.342. The van der Waals surface area contributed by atoms with Gasteiger partial charge >= 0.3 is 12.1 Å². The molecule has 2 aromatic carbocycles. The number of likely N-dealkylation sites (tertiary alicyclic amines) is 1. The Bertz CT molecular complexity index is 1410. The Balaban J connectivity index is 1.37. The van der Waals surface area contributed by atoms with Crippen molar-refractivity contribution in [1.29, 1.82) is 0 Å². The third-order valence-corrected chi connectivity index (χ3v) is 11.8. The van der Waals surface area contributed by atoms with Crippen molar-refractivity contribution in [3.8, 4) is 0 Å². The first kappa shape index (κ1) is 30.1. The number of benzene rings is 2. The molecule has 2 aromatic rings. The summed E-state index contributed by atoms with van der Waals surface area (Å²) in [6.45, 7) is 5.39. The number of carbonyl (C=O) groups excluding carboxylic acids is 1. The van der Waals surface area contributed by atoms with Gasteiger partial charge in [0.1, 0.15) is 0 Å². The van der Waals surface area contributed by atoms with Gasteiger partial charge in [0.25, 0.3) is 0 Å². The number of carboxylic acids is 1. The molecule has 3 atom stereocenters. The largest absolute Gasteiger partial charge is 0.481 e. The second kappa shape index (κ2) is 10.1. The molecule has 1 aliphatic heterocycles. The van der Waals surface area contributed by atoms with Gasteiger partial charge < -0.3 is 10.0 Å². The molecule has 1 N–H and O–H groups in total. The van der Waals surface area contributed by atoms with Crippen molar-refractivity contribution < 1.29 is 32.3 Å². The van der Waals surface area contributed by atoms with E-state index in [2.05, 4.69) is 38.1 Å². The van der Waals surface area contributed by atoms with Crippen LogP contribution in [0.15, 0.2) is 42.5 Å². The summed E-state index contributed by atoms with van der Waals surface area (Å²) >= 11 is 0. The third kappa shape index (κ3) is 4.61. The molecule has 4 aliphatic carbocycles. The standard InChI is InChI=1S/C35H41F4NO3/c1-22(2)24-6-4-23(5-7-24)21-34-18-19-40(29(41)32-12-15-33(16-13-32,17-14-32)30(42)43)28(34)11-8-25-20-26(9-10-27(25)34)31(3,36)35(37,38)39/h4-7,9-10,20,22,28H,8,11-19,21H2,1-3H3,(H,42,43). The molecule has 4 fully saturated rings. The van der Waals surface area contributed by atoms with E-state index in [9.17, 15) is 27.9 Å². The molecule has 7 rings (SSSR count). The number of carbonyl (C=O) groups is 2. The van der Waals surface area contributed by atoms with Crippen molar-refractivity contribution in [1.82, 2.24) is 4.90 Å². The number of halogens is 4. The van der Waals surface area contributed by atoms with Crippen molar-refractivity contribution in [2.75, 3.05) is 6.54 Å². The Morgan fingerprint density at radius 1 is 0.930 bits per heavy atom. The Hall–Kier alpha value is -2.90. The molecule has 8 heteroatoms. The summed E-state index contributed by atoms with van der Waals surface area (Å²) in [5, 5.41) is 9.85. The Morgan fingerprint density at radius 3 is 2.09 bits per heavy atom. The molecular formula is C35H41F4NO3. The van der Waals surface area contributed by atoms with Gasteiger partial charge in [0.05, 0.1) is 5.41 Å². The van der Waals surface area contributed by atoms with E-state index in [0.717, 1.165) is 16.7 Å². The monoisotopic (exact) mass is 599 g/mol. The van der Waals surface area contributed by atoms with E-state index in [-0.39, 0.29) is 17.5 Å². The number of aliphatic carboxylic acids is 1. The fraction of sp³-hybridized carbons (Fsp3) is 0.600. The highest BCUT2D eigenvalue weighted by atomic mass is 19.4. The molecular weight excluding hydrogens is 558 g/mol. The highest BCUT2D eigenvalue weighted by Gasteiger charge is 2.60. The van der Waals surface area contributed by atoms with Crippen LogP contribution in [0.5, 0.6) is 0 Å². The van der Waals surface area contributed by atoms with Gasteiger partial charge in [0, 0.05) is 23.4 Å². The molecule has 0 radical (unpaired) electrons. The molecule has 1 heterocycles. The molecule has 4 nitrogen and oxygen atoms in total. The molecule has 43 heavy (non-hydrogen) atoms. The maximum absolute atomic E-state index is 15.0. The van der Waals surface area contributed by atoms with E-state index in [1.165, 1.54) is 17.7 Å². The molecule has 2 bridgehead atoms. The second-order valence-corrected chi connectivity index (χ2v) is 14.3. The Labute approximate surface area is 250 Å². The van der Waals surface area contributed by atoms with Gasteiger partial charge in [0.15, 0.2) is 0 Å². The van der Waals surface area contributed by atoms with Crippen LogP contribution in [-0.4, -0.2) is 40.6 Å². The molecule has 1 amide bonds. The van der Waals surface area contributed by atoms with E-state index in [4.69, 9.17) is 0 Å². The van der Waals surface area contributed by atoms with Crippen LogP contribution in [0.1, 0.15) is 106 Å². The summed E-state index contributed by atoms with van der Waals surface area (Å²) in [5.41, 5.74) is -1.62. The zero-order valence-corrected chi connectivity index (χ0v) is 25.2. The Morgan fingerprint density at radius 2 is 1.53 bits per heavy atom. The van der Waals surface area contributed by atoms with Crippen LogP contribution in [0, 0.1) is 10.8 Å². The Kier molecular flexibility index (Phi) is 7.05. The molecule has 5 aliphatic rings. The minimum atomic E-state index is -5.03. The fourth-order valence-corrected chi connectivity index (χ4v) is 8.78. The van der Waals surface area contributed by atoms with E-state index in [1.54, 1.807) is 6.07 Å². The smallest absolute Gasteiger partial charge is 0.426 e. The highest BCUT2D eigenvalue weighted by Crippen LogP contribution is 2.59. The third-order valence-electron chi connectivity index (χ3n) is 11.8. The maximum Gasteiger partial charge on any atom is 0.426 e. The number of hydrogen-bond donors (Lipinski definition) is 1. The predicted molar refractivity (Wildman–Crippen MR) is 156 cm³/mol. The number of fused-ring (bicyclic) bond motifs is 6. The average Bonchev–Trinajstić information content (AvgIpc) is 3.36. The first-order valence-corrected chi connectivity index (χ1v) is 15.7. The number of amides is 1. The fourth-order valence-electron chi connectivity index (χ4n) is 8.78. The van der Waals surface area contributed by atoms with Crippen LogP contribution in [0.3, 0.4) is 0 Å². The summed E-state index contributed by atoms with van der Waals surface area (Å²) < 4.78 is 55.9. The lowest BCUT2D eigenvalue weighted by atomic mass is 9.53. The molecule has 0 aromatic heterocycles. The zero-order valence-electron chi connectivity index (χ0n) is 25.2. The first-order chi connectivity index (χ1) is 20.1. The van der Waals surface area contributed by atoms with Crippen LogP contribution in [0.2, 0.25) is 0 Å². The summed E-state index contributed by atoms with van der Waals surface area (Å²) in [4.78, 5) is 28.5. The molecule has 1 saturated heterocycles. The average molecular weight is 600 g/mol. The maximum atomic E-state index is 15.0. The number of nitrogens with zero attached hydrogens (tertiary/aromatic N) is 1. The second-order valence-electron chi connectivity index (χ2n) is 14.3. The topological polar surface area (TPSA) is 57.6 Å². The van der Waals surface area contributed by atoms with E-state index in [0.29, 0.717) is 83.6 Å². The van der Waals surface area contributed by atoms with Gasteiger partial charge in [-0.15, -0.1) is 0 Å². The van der Waals surface area contributed by atoms with Gasteiger partial charge in [0.2, 0.25) is 11.6 Å². The minimum absolute atomic E-state index is 0.113. The number of rotatable bonds is 6. The van der Waals surface area contributed by atoms with Crippen LogP contribution in [-0.2, 0) is 33.5 Å². The summed E-state index contributed by atoms with van der Waals surface area (Å²) in [6, 6.07) is 12.7. The van der Waals surface area contributed by atoms with Gasteiger partial charge in [-0.25, -0.2) is 4.39 Å². The van der Waals surface area contributed by atoms with Crippen molar-refractivity contribution in [3.63, 3.8) is 0 Å². The lowest BCUT2D eigenvalue weighted by Gasteiger charge is -2.52. The summed E-state index contributed by atoms with van der Waals surface area (Å²) in [7, 11) is 0. The highest BCUT2D eigenvalue weighted by molar-refractivity contribution is 5.86. The van der Waals surface area contributed by atoms with Gasteiger partial charge in [-0.3, -0.25) is 9.59 Å². The normalized spacial score (nSPS) is 31.4. The van der Waals surface area contributed by atoms with E-state index >= 15 is 4.39 Å². The minimum Gasteiger partial charge on any atom is -0.481 e. The van der Waals surface area contributed by atoms with E-state index in [1.807, 2.05) is 4.90 Å². The molecule has 232 valence electrons. The van der Waals surface area contributed by atoms with Gasteiger partial charge in [-0.2, -0.15) is 13.2 Å². The van der Waals surface area contributed by atoms with Crippen molar-refractivity contribution in [3.05, 3.63) is 70.3 Å². The SMILES string of the molecule is CC(C)c1ccc(CC23CCN(C(=O)C45CCC(C(=O)O)(CC4)CC5)C2CCc2cc(C(C)(F)C(F)(F)F)ccc23)cc1. The van der Waals surface area contributed by atoms with Crippen molar-refractivity contribution in [2.45, 2.75) is 114 Å². The van der Waals surface area contributed by atoms with Gasteiger partial charge in [-0.1, -0.05) is 56.3 Å². The number of aryl methyl sites for hydroxylation is 1. The number of carboxylic acid groups (broad SMARTS) is 1. The molecule has 3 unspecified atom stereocenters. The summed E-state index contributed by atoms with van der Waals surface area (Å²) in [6.07, 6.45) is 0.642. The lowest BCUT2D eigenvalue weighted by molar-refractivity contribution is -0.228. The number of hydrogen-bond acceptors (Lipinski definition) is 2. The molecule has 0 spiro atoms.